The molecule has 2 rings (SSSR count). The van der Waals surface area contributed by atoms with E-state index in [1.54, 1.807) is 0 Å². The summed E-state index contributed by atoms with van der Waals surface area (Å²) in [5.74, 6) is 0. The molecular weight excluding hydrogens is 357 g/mol. The first-order chi connectivity index (χ1) is 6.59. The molecule has 1 aromatic carbocycles. The molecule has 0 radical (unpaired) electrons. The molecule has 0 saturated carbocycles. The van der Waals surface area contributed by atoms with Gasteiger partial charge in [-0.2, -0.15) is 0 Å². The SMILES string of the molecule is CC(C)n1nnc2cc(Br)c(I)cc21. The Balaban J connectivity index is 2.74. The van der Waals surface area contributed by atoms with Crippen molar-refractivity contribution in [3.63, 3.8) is 0 Å². The van der Waals surface area contributed by atoms with Gasteiger partial charge in [0.15, 0.2) is 0 Å². The van der Waals surface area contributed by atoms with E-state index in [-0.39, 0.29) is 0 Å². The number of fused-ring (bicyclic) bond motifs is 1. The molecule has 0 aliphatic heterocycles. The molecular formula is C9H9BrIN3. The Morgan fingerprint density at radius 1 is 1.43 bits per heavy atom. The minimum absolute atomic E-state index is 0.344. The van der Waals surface area contributed by atoms with Crippen molar-refractivity contribution in [1.29, 1.82) is 0 Å². The van der Waals surface area contributed by atoms with Gasteiger partial charge in [0.05, 0.1) is 5.52 Å². The van der Waals surface area contributed by atoms with Crippen LogP contribution >= 0.6 is 38.5 Å². The molecule has 3 nitrogen and oxygen atoms in total. The Bertz CT molecular complexity index is 478. The van der Waals surface area contributed by atoms with Crippen LogP contribution < -0.4 is 0 Å². The summed E-state index contributed by atoms with van der Waals surface area (Å²) in [4.78, 5) is 0. The second-order valence-electron chi connectivity index (χ2n) is 3.38. The van der Waals surface area contributed by atoms with Crippen LogP contribution in [0, 0.1) is 3.57 Å². The highest BCUT2D eigenvalue weighted by Gasteiger charge is 2.09. The zero-order chi connectivity index (χ0) is 10.3. The lowest BCUT2D eigenvalue weighted by Gasteiger charge is -2.05. The third kappa shape index (κ3) is 1.67. The van der Waals surface area contributed by atoms with Crippen molar-refractivity contribution in [1.82, 2.24) is 15.0 Å². The van der Waals surface area contributed by atoms with E-state index in [1.807, 2.05) is 10.7 Å². The first kappa shape index (κ1) is 10.4. The van der Waals surface area contributed by atoms with Gasteiger partial charge in [-0.1, -0.05) is 5.21 Å². The second kappa shape index (κ2) is 3.77. The molecule has 0 aliphatic carbocycles. The van der Waals surface area contributed by atoms with Crippen molar-refractivity contribution in [3.05, 3.63) is 20.2 Å². The molecule has 1 aromatic heterocycles. The number of halogens is 2. The molecule has 74 valence electrons. The first-order valence-electron chi connectivity index (χ1n) is 4.29. The van der Waals surface area contributed by atoms with Crippen LogP contribution in [0.1, 0.15) is 19.9 Å². The van der Waals surface area contributed by atoms with E-state index in [9.17, 15) is 0 Å². The lowest BCUT2D eigenvalue weighted by Crippen LogP contribution is -2.02. The average molecular weight is 366 g/mol. The number of aromatic nitrogens is 3. The van der Waals surface area contributed by atoms with E-state index in [0.717, 1.165) is 15.5 Å². The number of hydrogen-bond acceptors (Lipinski definition) is 2. The smallest absolute Gasteiger partial charge is 0.114 e. The van der Waals surface area contributed by atoms with E-state index >= 15 is 0 Å². The summed E-state index contributed by atoms with van der Waals surface area (Å²) in [6, 6.07) is 4.44. The van der Waals surface area contributed by atoms with Gasteiger partial charge in [0, 0.05) is 14.1 Å². The van der Waals surface area contributed by atoms with Gasteiger partial charge in [0.25, 0.3) is 0 Å². The zero-order valence-corrected chi connectivity index (χ0v) is 11.6. The maximum Gasteiger partial charge on any atom is 0.114 e. The average Bonchev–Trinajstić information content (AvgIpc) is 2.48. The molecule has 0 unspecified atom stereocenters. The molecule has 2 aromatic rings. The first-order valence-corrected chi connectivity index (χ1v) is 6.16. The third-order valence-corrected chi connectivity index (χ3v) is 4.29. The van der Waals surface area contributed by atoms with E-state index in [4.69, 9.17) is 0 Å². The minimum Gasteiger partial charge on any atom is -0.242 e. The van der Waals surface area contributed by atoms with Gasteiger partial charge >= 0.3 is 0 Å². The molecule has 0 saturated heterocycles. The second-order valence-corrected chi connectivity index (χ2v) is 5.40. The molecule has 0 bridgehead atoms. The number of rotatable bonds is 1. The monoisotopic (exact) mass is 365 g/mol. The fraction of sp³-hybridized carbons (Fsp3) is 0.333. The molecule has 0 atom stereocenters. The van der Waals surface area contributed by atoms with Crippen LogP contribution in [0.5, 0.6) is 0 Å². The normalized spacial score (nSPS) is 11.5. The van der Waals surface area contributed by atoms with E-state index in [1.165, 1.54) is 3.57 Å². The Hall–Kier alpha value is -0.170. The maximum atomic E-state index is 4.12. The van der Waals surface area contributed by atoms with Crippen molar-refractivity contribution in [2.75, 3.05) is 0 Å². The lowest BCUT2D eigenvalue weighted by molar-refractivity contribution is 0.530. The van der Waals surface area contributed by atoms with Crippen LogP contribution in [0.3, 0.4) is 0 Å². The van der Waals surface area contributed by atoms with E-state index < -0.39 is 0 Å². The maximum absolute atomic E-state index is 4.12. The summed E-state index contributed by atoms with van der Waals surface area (Å²) in [5, 5.41) is 8.24. The molecule has 0 spiro atoms. The lowest BCUT2D eigenvalue weighted by atomic mass is 10.3. The number of benzene rings is 1. The van der Waals surface area contributed by atoms with Gasteiger partial charge < -0.3 is 0 Å². The molecule has 5 heteroatoms. The fourth-order valence-corrected chi connectivity index (χ4v) is 2.10. The van der Waals surface area contributed by atoms with Crippen molar-refractivity contribution in [2.45, 2.75) is 19.9 Å². The van der Waals surface area contributed by atoms with E-state index in [2.05, 4.69) is 68.7 Å². The van der Waals surface area contributed by atoms with Crippen molar-refractivity contribution in [2.24, 2.45) is 0 Å². The zero-order valence-electron chi connectivity index (χ0n) is 7.83. The summed E-state index contributed by atoms with van der Waals surface area (Å²) < 4.78 is 4.19. The summed E-state index contributed by atoms with van der Waals surface area (Å²) >= 11 is 5.77. The highest BCUT2D eigenvalue weighted by Crippen LogP contribution is 2.25. The van der Waals surface area contributed by atoms with Crippen LogP contribution in [0.4, 0.5) is 0 Å². The van der Waals surface area contributed by atoms with Gasteiger partial charge in [-0.05, 0) is 64.5 Å². The molecule has 14 heavy (non-hydrogen) atoms. The van der Waals surface area contributed by atoms with Crippen molar-refractivity contribution < 1.29 is 0 Å². The van der Waals surface area contributed by atoms with E-state index in [0.29, 0.717) is 6.04 Å². The quantitative estimate of drug-likeness (QED) is 0.725. The van der Waals surface area contributed by atoms with Gasteiger partial charge in [-0.3, -0.25) is 0 Å². The fourth-order valence-electron chi connectivity index (χ4n) is 1.32. The van der Waals surface area contributed by atoms with Gasteiger partial charge in [0.2, 0.25) is 0 Å². The molecule has 0 fully saturated rings. The van der Waals surface area contributed by atoms with Crippen LogP contribution in [0.15, 0.2) is 16.6 Å². The van der Waals surface area contributed by atoms with Crippen LogP contribution in [0.25, 0.3) is 11.0 Å². The summed E-state index contributed by atoms with van der Waals surface area (Å²) in [6.07, 6.45) is 0. The largest absolute Gasteiger partial charge is 0.242 e. The molecule has 1 heterocycles. The molecule has 0 aliphatic rings. The Labute approximate surface area is 104 Å². The van der Waals surface area contributed by atoms with Crippen molar-refractivity contribution >= 4 is 49.6 Å². The topological polar surface area (TPSA) is 30.7 Å². The summed E-state index contributed by atoms with van der Waals surface area (Å²) in [7, 11) is 0. The van der Waals surface area contributed by atoms with Crippen LogP contribution in [-0.4, -0.2) is 15.0 Å². The van der Waals surface area contributed by atoms with Crippen LogP contribution in [-0.2, 0) is 0 Å². The standard InChI is InChI=1S/C9H9BrIN3/c1-5(2)14-9-4-7(11)6(10)3-8(9)12-13-14/h3-5H,1-2H3. The Morgan fingerprint density at radius 2 is 2.14 bits per heavy atom. The Kier molecular flexibility index (Phi) is 2.79. The highest BCUT2D eigenvalue weighted by molar-refractivity contribution is 14.1. The molecule has 0 amide bonds. The molecule has 0 N–H and O–H groups in total. The number of hydrogen-bond donors (Lipinski definition) is 0. The van der Waals surface area contributed by atoms with Crippen molar-refractivity contribution in [3.8, 4) is 0 Å². The third-order valence-electron chi connectivity index (χ3n) is 2.00. The van der Waals surface area contributed by atoms with Gasteiger partial charge in [0.1, 0.15) is 5.52 Å². The Morgan fingerprint density at radius 3 is 2.79 bits per heavy atom. The minimum atomic E-state index is 0.344. The van der Waals surface area contributed by atoms with Crippen LogP contribution in [0.2, 0.25) is 0 Å². The number of nitrogens with zero attached hydrogens (tertiary/aromatic N) is 3. The van der Waals surface area contributed by atoms with Gasteiger partial charge in [-0.25, -0.2) is 4.68 Å². The van der Waals surface area contributed by atoms with Gasteiger partial charge in [-0.15, -0.1) is 5.10 Å². The highest BCUT2D eigenvalue weighted by atomic mass is 127. The predicted octanol–water partition coefficient (Wildman–Crippen LogP) is 3.38. The summed E-state index contributed by atoms with van der Waals surface area (Å²) in [6.45, 7) is 4.20. The predicted molar refractivity (Wildman–Crippen MR) is 68.3 cm³/mol. The summed E-state index contributed by atoms with van der Waals surface area (Å²) in [5.41, 5.74) is 2.03.